The van der Waals surface area contributed by atoms with Gasteiger partial charge in [0.2, 0.25) is 10.0 Å². The third-order valence-electron chi connectivity index (χ3n) is 2.45. The van der Waals surface area contributed by atoms with Gasteiger partial charge < -0.3 is 9.47 Å². The first-order valence-corrected chi connectivity index (χ1v) is 7.82. The van der Waals surface area contributed by atoms with Crippen molar-refractivity contribution in [2.75, 3.05) is 24.7 Å². The molecule has 8 heteroatoms. The van der Waals surface area contributed by atoms with Crippen LogP contribution in [0.15, 0.2) is 18.2 Å². The summed E-state index contributed by atoms with van der Waals surface area (Å²) < 4.78 is 35.4. The average molecular weight is 322 g/mol. The Bertz CT molecular complexity index is 573. The van der Waals surface area contributed by atoms with Gasteiger partial charge in [0, 0.05) is 6.42 Å². The van der Waals surface area contributed by atoms with Gasteiger partial charge in [0.15, 0.2) is 0 Å². The Morgan fingerprint density at radius 2 is 2.05 bits per heavy atom. The zero-order valence-electron chi connectivity index (χ0n) is 11.2. The number of ether oxygens (including phenoxy) is 2. The lowest BCUT2D eigenvalue weighted by Crippen LogP contribution is -2.17. The van der Waals surface area contributed by atoms with Crippen molar-refractivity contribution >= 4 is 33.3 Å². The molecule has 1 aromatic rings. The van der Waals surface area contributed by atoms with Gasteiger partial charge in [-0.05, 0) is 24.6 Å². The molecule has 0 amide bonds. The molecule has 0 aliphatic rings. The van der Waals surface area contributed by atoms with E-state index < -0.39 is 16.0 Å². The number of benzene rings is 1. The molecule has 0 spiro atoms. The van der Waals surface area contributed by atoms with Gasteiger partial charge in [-0.2, -0.15) is 0 Å². The normalized spacial score (nSPS) is 10.9. The van der Waals surface area contributed by atoms with Crippen molar-refractivity contribution in [2.45, 2.75) is 12.8 Å². The largest absolute Gasteiger partial charge is 0.495 e. The second-order valence-corrected chi connectivity index (χ2v) is 6.20. The maximum atomic E-state index is 11.8. The Labute approximate surface area is 123 Å². The Morgan fingerprint density at radius 3 is 2.60 bits per heavy atom. The van der Waals surface area contributed by atoms with Crippen LogP contribution >= 0.6 is 11.6 Å². The van der Waals surface area contributed by atoms with Crippen LogP contribution in [0.4, 0.5) is 5.69 Å². The molecule has 0 aliphatic heterocycles. The monoisotopic (exact) mass is 321 g/mol. The van der Waals surface area contributed by atoms with E-state index in [1.807, 2.05) is 0 Å². The van der Waals surface area contributed by atoms with E-state index in [2.05, 4.69) is 9.46 Å². The summed E-state index contributed by atoms with van der Waals surface area (Å²) in [6, 6.07) is 4.56. The molecule has 0 unspecified atom stereocenters. The Morgan fingerprint density at radius 1 is 1.35 bits per heavy atom. The molecule has 0 saturated carbocycles. The SMILES string of the molecule is COC(=O)CCCS(=O)(=O)Nc1ccc(OC)c(Cl)c1. The first-order chi connectivity index (χ1) is 9.38. The summed E-state index contributed by atoms with van der Waals surface area (Å²) >= 11 is 5.90. The van der Waals surface area contributed by atoms with Gasteiger partial charge in [-0.15, -0.1) is 0 Å². The third kappa shape index (κ3) is 5.26. The summed E-state index contributed by atoms with van der Waals surface area (Å²) in [5.41, 5.74) is 0.342. The Hall–Kier alpha value is -1.47. The third-order valence-corrected chi connectivity index (χ3v) is 4.11. The molecule has 0 atom stereocenters. The molecule has 0 radical (unpaired) electrons. The van der Waals surface area contributed by atoms with Gasteiger partial charge in [-0.1, -0.05) is 11.6 Å². The van der Waals surface area contributed by atoms with E-state index in [1.54, 1.807) is 12.1 Å². The summed E-state index contributed by atoms with van der Waals surface area (Å²) in [5.74, 6) is -0.154. The lowest BCUT2D eigenvalue weighted by molar-refractivity contribution is -0.140. The van der Waals surface area contributed by atoms with Crippen molar-refractivity contribution in [3.8, 4) is 5.75 Å². The van der Waals surface area contributed by atoms with Crippen molar-refractivity contribution in [3.05, 3.63) is 23.2 Å². The highest BCUT2D eigenvalue weighted by molar-refractivity contribution is 7.92. The van der Waals surface area contributed by atoms with E-state index in [0.717, 1.165) is 0 Å². The molecule has 0 aliphatic carbocycles. The highest BCUT2D eigenvalue weighted by Gasteiger charge is 2.13. The minimum atomic E-state index is -3.53. The van der Waals surface area contributed by atoms with E-state index >= 15 is 0 Å². The number of anilines is 1. The molecule has 1 aromatic carbocycles. The number of nitrogens with one attached hydrogen (secondary N) is 1. The quantitative estimate of drug-likeness (QED) is 0.777. The molecule has 1 N–H and O–H groups in total. The number of rotatable bonds is 7. The van der Waals surface area contributed by atoms with Crippen LogP contribution in [0.5, 0.6) is 5.75 Å². The molecular weight excluding hydrogens is 306 g/mol. The first-order valence-electron chi connectivity index (χ1n) is 5.79. The van der Waals surface area contributed by atoms with Crippen molar-refractivity contribution in [1.82, 2.24) is 0 Å². The van der Waals surface area contributed by atoms with Crippen molar-refractivity contribution in [1.29, 1.82) is 0 Å². The lowest BCUT2D eigenvalue weighted by Gasteiger charge is -2.09. The van der Waals surface area contributed by atoms with Crippen LogP contribution in [0.25, 0.3) is 0 Å². The van der Waals surface area contributed by atoms with E-state index in [9.17, 15) is 13.2 Å². The number of methoxy groups -OCH3 is 2. The highest BCUT2D eigenvalue weighted by atomic mass is 35.5. The van der Waals surface area contributed by atoms with Crippen molar-refractivity contribution in [2.24, 2.45) is 0 Å². The molecule has 0 fully saturated rings. The number of esters is 1. The minimum Gasteiger partial charge on any atom is -0.495 e. The van der Waals surface area contributed by atoms with Crippen LogP contribution in [0.2, 0.25) is 5.02 Å². The minimum absolute atomic E-state index is 0.0563. The molecule has 6 nitrogen and oxygen atoms in total. The molecule has 20 heavy (non-hydrogen) atoms. The second-order valence-electron chi connectivity index (χ2n) is 3.95. The van der Waals surface area contributed by atoms with Crippen LogP contribution < -0.4 is 9.46 Å². The van der Waals surface area contributed by atoms with Gasteiger partial charge in [0.25, 0.3) is 0 Å². The predicted octanol–water partition coefficient (Wildman–Crippen LogP) is 2.04. The average Bonchev–Trinajstić information content (AvgIpc) is 2.38. The highest BCUT2D eigenvalue weighted by Crippen LogP contribution is 2.27. The van der Waals surface area contributed by atoms with E-state index in [4.69, 9.17) is 16.3 Å². The Kier molecular flexibility index (Phi) is 6.09. The number of hydrogen-bond donors (Lipinski definition) is 1. The standard InChI is InChI=1S/C12H16ClNO5S/c1-18-11-6-5-9(8-10(11)13)14-20(16,17)7-3-4-12(15)19-2/h5-6,8,14H,3-4,7H2,1-2H3. The number of carbonyl (C=O) groups is 1. The zero-order valence-corrected chi connectivity index (χ0v) is 12.8. The second kappa shape index (κ2) is 7.35. The topological polar surface area (TPSA) is 81.7 Å². The van der Waals surface area contributed by atoms with Crippen molar-refractivity contribution in [3.63, 3.8) is 0 Å². The maximum Gasteiger partial charge on any atom is 0.305 e. The van der Waals surface area contributed by atoms with Crippen LogP contribution in [0.1, 0.15) is 12.8 Å². The van der Waals surface area contributed by atoms with Crippen molar-refractivity contribution < 1.29 is 22.7 Å². The summed E-state index contributed by atoms with van der Waals surface area (Å²) in [5, 5.41) is 0.308. The zero-order chi connectivity index (χ0) is 15.2. The summed E-state index contributed by atoms with van der Waals surface area (Å²) in [6.07, 6.45) is 0.243. The summed E-state index contributed by atoms with van der Waals surface area (Å²) in [7, 11) is -0.804. The number of hydrogen-bond acceptors (Lipinski definition) is 5. The fourth-order valence-corrected chi connectivity index (χ4v) is 2.84. The molecule has 1 rings (SSSR count). The summed E-state index contributed by atoms with van der Waals surface area (Å²) in [6.45, 7) is 0. The number of sulfonamides is 1. The number of halogens is 1. The fraction of sp³-hybridized carbons (Fsp3) is 0.417. The smallest absolute Gasteiger partial charge is 0.305 e. The lowest BCUT2D eigenvalue weighted by atomic mass is 10.3. The molecule has 0 bridgehead atoms. The van der Waals surface area contributed by atoms with Gasteiger partial charge in [0.05, 0.1) is 30.7 Å². The van der Waals surface area contributed by atoms with Gasteiger partial charge in [-0.25, -0.2) is 8.42 Å². The Balaban J connectivity index is 2.62. The molecule has 112 valence electrons. The molecular formula is C12H16ClNO5S. The molecule has 0 heterocycles. The molecule has 0 saturated heterocycles. The fourth-order valence-electron chi connectivity index (χ4n) is 1.47. The first kappa shape index (κ1) is 16.6. The van der Waals surface area contributed by atoms with E-state index in [0.29, 0.717) is 16.5 Å². The summed E-state index contributed by atoms with van der Waals surface area (Å²) in [4.78, 5) is 10.9. The van der Waals surface area contributed by atoms with Crippen LogP contribution in [0.3, 0.4) is 0 Å². The maximum absolute atomic E-state index is 11.8. The molecule has 0 aromatic heterocycles. The van der Waals surface area contributed by atoms with Gasteiger partial charge >= 0.3 is 5.97 Å². The van der Waals surface area contributed by atoms with Crippen LogP contribution in [-0.4, -0.2) is 34.4 Å². The van der Waals surface area contributed by atoms with Crippen LogP contribution in [-0.2, 0) is 19.6 Å². The van der Waals surface area contributed by atoms with Crippen LogP contribution in [0, 0.1) is 0 Å². The van der Waals surface area contributed by atoms with E-state index in [1.165, 1.54) is 20.3 Å². The predicted molar refractivity (Wildman–Crippen MR) is 76.7 cm³/mol. The van der Waals surface area contributed by atoms with Gasteiger partial charge in [0.1, 0.15) is 5.75 Å². The van der Waals surface area contributed by atoms with E-state index in [-0.39, 0.29) is 18.6 Å². The number of carbonyl (C=O) groups excluding carboxylic acids is 1. The van der Waals surface area contributed by atoms with Gasteiger partial charge in [-0.3, -0.25) is 9.52 Å².